The fourth-order valence-electron chi connectivity index (χ4n) is 5.19. The van der Waals surface area contributed by atoms with Crippen molar-refractivity contribution in [3.05, 3.63) is 27.4 Å². The van der Waals surface area contributed by atoms with Crippen LogP contribution in [0.1, 0.15) is 47.1 Å². The molecule has 1 aromatic carbocycles. The molecule has 1 unspecified atom stereocenters. The Morgan fingerprint density at radius 1 is 0.893 bits per heavy atom. The van der Waals surface area contributed by atoms with E-state index in [4.69, 9.17) is 19.2 Å². The minimum absolute atomic E-state index is 0.289. The van der Waals surface area contributed by atoms with Gasteiger partial charge >= 0.3 is 0 Å². The van der Waals surface area contributed by atoms with Crippen LogP contribution in [0.2, 0.25) is 16.6 Å². The SMILES string of the molecule is COc1cc(C2=NC([Si](C(C)C)(C(C)C)C(C)C)C=C2)c(I)c(OC)c1OC. The highest BCUT2D eigenvalue weighted by atomic mass is 127. The van der Waals surface area contributed by atoms with Gasteiger partial charge in [0.15, 0.2) is 11.5 Å². The second-order valence-electron chi connectivity index (χ2n) is 8.29. The van der Waals surface area contributed by atoms with Gasteiger partial charge in [0.25, 0.3) is 0 Å². The van der Waals surface area contributed by atoms with Crippen molar-refractivity contribution >= 4 is 36.4 Å². The molecule has 0 saturated heterocycles. The number of halogens is 1. The highest BCUT2D eigenvalue weighted by Crippen LogP contribution is 2.47. The molecule has 6 heteroatoms. The van der Waals surface area contributed by atoms with Gasteiger partial charge in [-0.2, -0.15) is 0 Å². The molecular weight excluding hydrogens is 481 g/mol. The van der Waals surface area contributed by atoms with E-state index >= 15 is 0 Å². The van der Waals surface area contributed by atoms with E-state index < -0.39 is 8.07 Å². The van der Waals surface area contributed by atoms with Crippen molar-refractivity contribution in [1.29, 1.82) is 0 Å². The van der Waals surface area contributed by atoms with Crippen LogP contribution in [0.3, 0.4) is 0 Å². The molecule has 0 aliphatic carbocycles. The fraction of sp³-hybridized carbons (Fsp3) is 0.591. The number of hydrogen-bond acceptors (Lipinski definition) is 4. The maximum atomic E-state index is 5.64. The van der Waals surface area contributed by atoms with Gasteiger partial charge in [0, 0.05) is 5.56 Å². The van der Waals surface area contributed by atoms with Gasteiger partial charge in [0.1, 0.15) is 0 Å². The molecule has 0 spiro atoms. The molecule has 2 rings (SSSR count). The molecule has 0 saturated carbocycles. The summed E-state index contributed by atoms with van der Waals surface area (Å²) in [7, 11) is 3.23. The van der Waals surface area contributed by atoms with Crippen LogP contribution in [-0.2, 0) is 0 Å². The maximum Gasteiger partial charge on any atom is 0.204 e. The van der Waals surface area contributed by atoms with E-state index in [2.05, 4.69) is 76.3 Å². The standard InChI is InChI=1S/C22H34INO3Si/c1-13(2)28(14(3)4,15(5)6)19-11-10-17(24-19)16-12-18(25-7)21(26-8)22(27-9)20(16)23/h10-15,19H,1-9H3. The lowest BCUT2D eigenvalue weighted by molar-refractivity contribution is 0.323. The van der Waals surface area contributed by atoms with Gasteiger partial charge in [0.2, 0.25) is 5.75 Å². The Morgan fingerprint density at radius 3 is 1.86 bits per heavy atom. The molecule has 0 fully saturated rings. The topological polar surface area (TPSA) is 40.0 Å². The number of aliphatic imine (C=N–C) groups is 1. The third-order valence-electron chi connectivity index (χ3n) is 6.27. The number of rotatable bonds is 8. The van der Waals surface area contributed by atoms with Crippen molar-refractivity contribution in [3.8, 4) is 17.2 Å². The van der Waals surface area contributed by atoms with Crippen LogP contribution >= 0.6 is 22.6 Å². The zero-order chi connectivity index (χ0) is 21.2. The second-order valence-corrected chi connectivity index (χ2v) is 15.4. The van der Waals surface area contributed by atoms with E-state index in [9.17, 15) is 0 Å². The molecule has 1 aliphatic rings. The predicted molar refractivity (Wildman–Crippen MR) is 129 cm³/mol. The fourth-order valence-corrected chi connectivity index (χ4v) is 12.9. The molecule has 0 bridgehead atoms. The molecule has 0 N–H and O–H groups in total. The summed E-state index contributed by atoms with van der Waals surface area (Å²) in [5.41, 5.74) is 4.30. The first kappa shape index (κ1) is 23.3. The molecule has 1 atom stereocenters. The number of hydrogen-bond donors (Lipinski definition) is 0. The van der Waals surface area contributed by atoms with Gasteiger partial charge in [0.05, 0.1) is 44.4 Å². The number of nitrogens with zero attached hydrogens (tertiary/aromatic N) is 1. The Kier molecular flexibility index (Phi) is 7.64. The van der Waals surface area contributed by atoms with E-state index in [1.165, 1.54) is 0 Å². The van der Waals surface area contributed by atoms with Crippen LogP contribution in [-0.4, -0.2) is 40.8 Å². The van der Waals surface area contributed by atoms with Crippen LogP contribution in [0.15, 0.2) is 23.2 Å². The maximum absolute atomic E-state index is 5.64. The smallest absolute Gasteiger partial charge is 0.204 e. The van der Waals surface area contributed by atoms with Gasteiger partial charge in [-0.25, -0.2) is 0 Å². The Hall–Kier alpha value is -1.02. The Morgan fingerprint density at radius 2 is 1.43 bits per heavy atom. The van der Waals surface area contributed by atoms with E-state index in [-0.39, 0.29) is 5.67 Å². The molecule has 156 valence electrons. The van der Waals surface area contributed by atoms with Crippen molar-refractivity contribution < 1.29 is 14.2 Å². The highest BCUT2D eigenvalue weighted by Gasteiger charge is 2.49. The molecule has 28 heavy (non-hydrogen) atoms. The molecule has 1 aromatic rings. The lowest BCUT2D eigenvalue weighted by Crippen LogP contribution is -2.53. The Bertz CT molecular complexity index is 750. The summed E-state index contributed by atoms with van der Waals surface area (Å²) in [4.78, 5) is 5.27. The van der Waals surface area contributed by atoms with Crippen LogP contribution in [0.25, 0.3) is 0 Å². The van der Waals surface area contributed by atoms with Crippen LogP contribution in [0, 0.1) is 3.57 Å². The minimum atomic E-state index is -1.71. The monoisotopic (exact) mass is 515 g/mol. The largest absolute Gasteiger partial charge is 0.493 e. The summed E-state index contributed by atoms with van der Waals surface area (Å²) in [6, 6.07) is 2.01. The average molecular weight is 516 g/mol. The third-order valence-corrected chi connectivity index (χ3v) is 14.7. The normalized spacial score (nSPS) is 16.9. The lowest BCUT2D eigenvalue weighted by Gasteiger charge is -2.45. The van der Waals surface area contributed by atoms with Gasteiger partial charge in [-0.1, -0.05) is 47.6 Å². The van der Waals surface area contributed by atoms with Crippen molar-refractivity contribution in [2.45, 2.75) is 63.8 Å². The van der Waals surface area contributed by atoms with E-state index in [1.807, 2.05) is 6.07 Å². The molecule has 1 heterocycles. The van der Waals surface area contributed by atoms with Crippen molar-refractivity contribution in [2.24, 2.45) is 4.99 Å². The van der Waals surface area contributed by atoms with Crippen molar-refractivity contribution in [3.63, 3.8) is 0 Å². The zero-order valence-electron chi connectivity index (χ0n) is 18.6. The summed E-state index contributed by atoms with van der Waals surface area (Å²) < 4.78 is 17.7. The van der Waals surface area contributed by atoms with Crippen molar-refractivity contribution in [1.82, 2.24) is 0 Å². The zero-order valence-corrected chi connectivity index (χ0v) is 21.7. The average Bonchev–Trinajstić information content (AvgIpc) is 3.10. The molecule has 4 nitrogen and oxygen atoms in total. The summed E-state index contributed by atoms with van der Waals surface area (Å²) in [5.74, 6) is 1.97. The van der Waals surface area contributed by atoms with Crippen LogP contribution in [0.4, 0.5) is 0 Å². The second kappa shape index (κ2) is 9.20. The molecule has 0 radical (unpaired) electrons. The summed E-state index contributed by atoms with van der Waals surface area (Å²) in [6.45, 7) is 14.3. The summed E-state index contributed by atoms with van der Waals surface area (Å²) in [5, 5.41) is 0. The number of ether oxygens (including phenoxy) is 3. The minimum Gasteiger partial charge on any atom is -0.493 e. The lowest BCUT2D eigenvalue weighted by atomic mass is 10.1. The Labute approximate surface area is 184 Å². The Balaban J connectivity index is 2.62. The summed E-state index contributed by atoms with van der Waals surface area (Å²) in [6.07, 6.45) is 4.52. The van der Waals surface area contributed by atoms with Crippen LogP contribution < -0.4 is 14.2 Å². The van der Waals surface area contributed by atoms with E-state index in [0.717, 1.165) is 14.8 Å². The number of allylic oxidation sites excluding steroid dienone is 1. The van der Waals surface area contributed by atoms with Gasteiger partial charge < -0.3 is 14.2 Å². The predicted octanol–water partition coefficient (Wildman–Crippen LogP) is 6.26. The van der Waals surface area contributed by atoms with Gasteiger partial charge in [-0.05, 0) is 51.4 Å². The van der Waals surface area contributed by atoms with E-state index in [0.29, 0.717) is 33.9 Å². The molecule has 1 aliphatic heterocycles. The highest BCUT2D eigenvalue weighted by molar-refractivity contribution is 14.1. The van der Waals surface area contributed by atoms with Gasteiger partial charge in [-0.15, -0.1) is 0 Å². The molecular formula is C22H34INO3Si. The molecule has 0 amide bonds. The first-order chi connectivity index (χ1) is 13.2. The van der Waals surface area contributed by atoms with Gasteiger partial charge in [-0.3, -0.25) is 4.99 Å². The number of benzene rings is 1. The number of methoxy groups -OCH3 is 3. The first-order valence-electron chi connectivity index (χ1n) is 9.91. The van der Waals surface area contributed by atoms with Crippen LogP contribution in [0.5, 0.6) is 17.2 Å². The molecule has 0 aromatic heterocycles. The quantitative estimate of drug-likeness (QED) is 0.303. The first-order valence-corrected chi connectivity index (χ1v) is 13.3. The van der Waals surface area contributed by atoms with E-state index in [1.54, 1.807) is 21.3 Å². The van der Waals surface area contributed by atoms with Crippen molar-refractivity contribution in [2.75, 3.05) is 21.3 Å². The summed E-state index contributed by atoms with van der Waals surface area (Å²) >= 11 is 2.32. The third kappa shape index (κ3) is 3.74.